The second-order valence-electron chi connectivity index (χ2n) is 3.74. The van der Waals surface area contributed by atoms with Crippen LogP contribution in [0.25, 0.3) is 5.57 Å². The fraction of sp³-hybridized carbons (Fsp3) is 0.286. The highest BCUT2D eigenvalue weighted by molar-refractivity contribution is 7.27. The van der Waals surface area contributed by atoms with Gasteiger partial charge in [-0.2, -0.15) is 0 Å². The standard InChI is InChI=1S/C12H11F2P.C2H6/c1-7-2-3-8(4-7)9-5-10(13)12(14)11(15)6-9;1-2/h2-3,5-6H,4,15H2,1H3;1-2H3. The molecule has 92 valence electrons. The maximum atomic E-state index is 13.2. The summed E-state index contributed by atoms with van der Waals surface area (Å²) in [5.74, 6) is -1.57. The Kier molecular flexibility index (Phi) is 5.02. The van der Waals surface area contributed by atoms with Gasteiger partial charge in [0.2, 0.25) is 0 Å². The molecule has 1 aliphatic carbocycles. The van der Waals surface area contributed by atoms with Crippen LogP contribution in [0.3, 0.4) is 0 Å². The first-order valence-corrected chi connectivity index (χ1v) is 6.27. The Labute approximate surface area is 104 Å². The van der Waals surface area contributed by atoms with Crippen LogP contribution in [0.5, 0.6) is 0 Å². The normalized spacial score (nSPS) is 13.8. The lowest BCUT2D eigenvalue weighted by molar-refractivity contribution is 0.514. The third-order valence-electron chi connectivity index (χ3n) is 2.47. The topological polar surface area (TPSA) is 0 Å². The van der Waals surface area contributed by atoms with Gasteiger partial charge in [0.25, 0.3) is 0 Å². The van der Waals surface area contributed by atoms with Crippen molar-refractivity contribution in [3.8, 4) is 0 Å². The Bertz CT molecular complexity index is 450. The Balaban J connectivity index is 0.000000686. The molecular weight excluding hydrogens is 237 g/mol. The highest BCUT2D eigenvalue weighted by Gasteiger charge is 2.12. The number of allylic oxidation sites excluding steroid dienone is 4. The van der Waals surface area contributed by atoms with Gasteiger partial charge in [0.15, 0.2) is 11.6 Å². The van der Waals surface area contributed by atoms with Crippen LogP contribution in [0.2, 0.25) is 0 Å². The van der Waals surface area contributed by atoms with Gasteiger partial charge in [-0.1, -0.05) is 31.6 Å². The lowest BCUT2D eigenvalue weighted by atomic mass is 10.0. The monoisotopic (exact) mass is 254 g/mol. The quantitative estimate of drug-likeness (QED) is 0.658. The van der Waals surface area contributed by atoms with E-state index in [0.717, 1.165) is 17.6 Å². The summed E-state index contributed by atoms with van der Waals surface area (Å²) in [5, 5.41) is 0.274. The number of hydrogen-bond acceptors (Lipinski definition) is 0. The van der Waals surface area contributed by atoms with E-state index in [4.69, 9.17) is 0 Å². The van der Waals surface area contributed by atoms with E-state index in [1.807, 2.05) is 32.9 Å². The van der Waals surface area contributed by atoms with Crippen LogP contribution in [-0.4, -0.2) is 0 Å². The Hall–Kier alpha value is -1.01. The van der Waals surface area contributed by atoms with Crippen molar-refractivity contribution >= 4 is 20.1 Å². The SMILES string of the molecule is CC.CC1=CC=C(c2cc(F)c(F)c(P)c2)C1. The van der Waals surface area contributed by atoms with Crippen molar-refractivity contribution in [3.63, 3.8) is 0 Å². The molecule has 0 bridgehead atoms. The molecule has 0 N–H and O–H groups in total. The molecule has 0 radical (unpaired) electrons. The fourth-order valence-electron chi connectivity index (χ4n) is 1.66. The third-order valence-corrected chi connectivity index (χ3v) is 2.89. The summed E-state index contributed by atoms with van der Waals surface area (Å²) in [7, 11) is 2.21. The van der Waals surface area contributed by atoms with Crippen molar-refractivity contribution < 1.29 is 8.78 Å². The zero-order valence-electron chi connectivity index (χ0n) is 10.3. The van der Waals surface area contributed by atoms with Gasteiger partial charge in [-0.05, 0) is 36.6 Å². The van der Waals surface area contributed by atoms with Gasteiger partial charge in [-0.15, -0.1) is 9.24 Å². The minimum atomic E-state index is -0.789. The van der Waals surface area contributed by atoms with Crippen molar-refractivity contribution in [1.82, 2.24) is 0 Å². The predicted octanol–water partition coefficient (Wildman–Crippen LogP) is 4.22. The molecule has 0 aromatic heterocycles. The molecule has 17 heavy (non-hydrogen) atoms. The van der Waals surface area contributed by atoms with Crippen LogP contribution in [0.4, 0.5) is 8.78 Å². The van der Waals surface area contributed by atoms with Crippen LogP contribution < -0.4 is 5.30 Å². The molecule has 1 aromatic rings. The van der Waals surface area contributed by atoms with Crippen LogP contribution in [0, 0.1) is 11.6 Å². The summed E-state index contributed by atoms with van der Waals surface area (Å²) in [6, 6.07) is 2.91. The molecule has 0 aliphatic heterocycles. The highest BCUT2D eigenvalue weighted by atomic mass is 31.0. The molecule has 0 nitrogen and oxygen atoms in total. The lowest BCUT2D eigenvalue weighted by Crippen LogP contribution is -2.03. The van der Waals surface area contributed by atoms with E-state index >= 15 is 0 Å². The second-order valence-corrected chi connectivity index (χ2v) is 4.36. The molecule has 1 aliphatic rings. The van der Waals surface area contributed by atoms with Crippen molar-refractivity contribution in [2.45, 2.75) is 27.2 Å². The van der Waals surface area contributed by atoms with Gasteiger partial charge in [0.1, 0.15) is 0 Å². The Morgan fingerprint density at radius 1 is 1.12 bits per heavy atom. The average Bonchev–Trinajstić information content (AvgIpc) is 2.75. The van der Waals surface area contributed by atoms with Gasteiger partial charge in [0.05, 0.1) is 0 Å². The highest BCUT2D eigenvalue weighted by Crippen LogP contribution is 2.28. The molecule has 0 fully saturated rings. The zero-order chi connectivity index (χ0) is 13.0. The van der Waals surface area contributed by atoms with Crippen molar-refractivity contribution in [2.75, 3.05) is 0 Å². The molecule has 2 rings (SSSR count). The molecule has 0 amide bonds. The molecule has 0 heterocycles. The summed E-state index contributed by atoms with van der Waals surface area (Å²) in [5.41, 5.74) is 3.03. The minimum absolute atomic E-state index is 0.274. The van der Waals surface area contributed by atoms with Crippen molar-refractivity contribution in [2.24, 2.45) is 0 Å². The second kappa shape index (κ2) is 6.07. The third kappa shape index (κ3) is 3.23. The zero-order valence-corrected chi connectivity index (χ0v) is 11.5. The Morgan fingerprint density at radius 3 is 2.24 bits per heavy atom. The predicted molar refractivity (Wildman–Crippen MR) is 73.4 cm³/mol. The first kappa shape index (κ1) is 14.1. The van der Waals surface area contributed by atoms with Crippen LogP contribution in [-0.2, 0) is 0 Å². The molecule has 1 atom stereocenters. The number of hydrogen-bond donors (Lipinski definition) is 0. The van der Waals surface area contributed by atoms with E-state index in [9.17, 15) is 8.78 Å². The van der Waals surface area contributed by atoms with E-state index in [1.165, 1.54) is 11.6 Å². The smallest absolute Gasteiger partial charge is 0.165 e. The van der Waals surface area contributed by atoms with Crippen LogP contribution in [0.15, 0.2) is 29.9 Å². The molecule has 1 unspecified atom stereocenters. The summed E-state index contributed by atoms with van der Waals surface area (Å²) in [6.07, 6.45) is 4.76. The Morgan fingerprint density at radius 2 is 1.76 bits per heavy atom. The first-order valence-electron chi connectivity index (χ1n) is 5.69. The van der Waals surface area contributed by atoms with Gasteiger partial charge in [-0.3, -0.25) is 0 Å². The maximum Gasteiger partial charge on any atom is 0.165 e. The van der Waals surface area contributed by atoms with E-state index in [2.05, 4.69) is 9.24 Å². The molecular formula is C14H17F2P. The summed E-state index contributed by atoms with van der Waals surface area (Å²) in [6.45, 7) is 6.02. The van der Waals surface area contributed by atoms with Crippen LogP contribution in [0.1, 0.15) is 32.8 Å². The van der Waals surface area contributed by atoms with E-state index in [-0.39, 0.29) is 5.30 Å². The summed E-state index contributed by atoms with van der Waals surface area (Å²) >= 11 is 0. The van der Waals surface area contributed by atoms with Gasteiger partial charge in [0, 0.05) is 5.30 Å². The number of benzene rings is 1. The van der Waals surface area contributed by atoms with Crippen molar-refractivity contribution in [1.29, 1.82) is 0 Å². The number of halogens is 2. The largest absolute Gasteiger partial charge is 0.204 e. The molecule has 0 saturated carbocycles. The average molecular weight is 254 g/mol. The maximum absolute atomic E-state index is 13.2. The summed E-state index contributed by atoms with van der Waals surface area (Å²) in [4.78, 5) is 0. The minimum Gasteiger partial charge on any atom is -0.204 e. The first-order chi connectivity index (χ1) is 8.08. The molecule has 1 aromatic carbocycles. The van der Waals surface area contributed by atoms with Gasteiger partial charge in [-0.25, -0.2) is 8.78 Å². The van der Waals surface area contributed by atoms with Gasteiger partial charge >= 0.3 is 0 Å². The molecule has 0 spiro atoms. The lowest BCUT2D eigenvalue weighted by Gasteiger charge is -2.06. The van der Waals surface area contributed by atoms with E-state index < -0.39 is 11.6 Å². The van der Waals surface area contributed by atoms with Gasteiger partial charge < -0.3 is 0 Å². The van der Waals surface area contributed by atoms with E-state index in [0.29, 0.717) is 0 Å². The van der Waals surface area contributed by atoms with Crippen molar-refractivity contribution in [3.05, 3.63) is 47.1 Å². The number of rotatable bonds is 1. The molecule has 0 saturated heterocycles. The van der Waals surface area contributed by atoms with Crippen LogP contribution >= 0.6 is 9.24 Å². The molecule has 3 heteroatoms. The van der Waals surface area contributed by atoms with E-state index in [1.54, 1.807) is 6.07 Å². The fourth-order valence-corrected chi connectivity index (χ4v) is 1.97. The summed E-state index contributed by atoms with van der Waals surface area (Å²) < 4.78 is 26.2.